The summed E-state index contributed by atoms with van der Waals surface area (Å²) in [5, 5.41) is 3.59. The van der Waals surface area contributed by atoms with E-state index in [9.17, 15) is 8.42 Å². The third-order valence-electron chi connectivity index (χ3n) is 4.09. The van der Waals surface area contributed by atoms with Crippen molar-refractivity contribution in [3.05, 3.63) is 29.3 Å². The van der Waals surface area contributed by atoms with Crippen LogP contribution in [-0.2, 0) is 14.8 Å². The van der Waals surface area contributed by atoms with Crippen LogP contribution in [0.15, 0.2) is 34.2 Å². The van der Waals surface area contributed by atoms with E-state index >= 15 is 0 Å². The fourth-order valence-corrected chi connectivity index (χ4v) is 3.69. The van der Waals surface area contributed by atoms with Crippen molar-refractivity contribution < 1.29 is 13.2 Å². The van der Waals surface area contributed by atoms with E-state index in [2.05, 4.69) is 15.0 Å². The van der Waals surface area contributed by atoms with Crippen LogP contribution in [0.25, 0.3) is 0 Å². The molecule has 2 rings (SSSR count). The third-order valence-corrected chi connectivity index (χ3v) is 5.78. The minimum absolute atomic E-state index is 0. The van der Waals surface area contributed by atoms with Gasteiger partial charge in [0.25, 0.3) is 0 Å². The number of hydrogen-bond donors (Lipinski definition) is 2. The summed E-state index contributed by atoms with van der Waals surface area (Å²) in [4.78, 5) is 6.61. The maximum atomic E-state index is 12.3. The van der Waals surface area contributed by atoms with Crippen LogP contribution in [0.1, 0.15) is 19.8 Å². The first-order chi connectivity index (χ1) is 12.9. The molecule has 1 aliphatic rings. The third kappa shape index (κ3) is 9.25. The van der Waals surface area contributed by atoms with Gasteiger partial charge in [0.1, 0.15) is 0 Å². The van der Waals surface area contributed by atoms with Gasteiger partial charge in [0.2, 0.25) is 10.0 Å². The predicted molar refractivity (Wildman–Crippen MR) is 124 cm³/mol. The Balaban J connectivity index is 0.00000392. The molecule has 28 heavy (non-hydrogen) atoms. The Labute approximate surface area is 190 Å². The van der Waals surface area contributed by atoms with Gasteiger partial charge >= 0.3 is 0 Å². The highest BCUT2D eigenvalue weighted by atomic mass is 127. The van der Waals surface area contributed by atoms with E-state index in [4.69, 9.17) is 16.3 Å². The number of likely N-dealkylation sites (N-methyl/N-ethyl adjacent to an activating group) is 1. The van der Waals surface area contributed by atoms with Crippen LogP contribution in [0.5, 0.6) is 0 Å². The molecule has 0 bridgehead atoms. The SMILES string of the molecule is CCNC(=NCCNS(=O)(=O)c1cccc(Cl)c1)N(C)CCOCC1CC1.I. The molecule has 0 radical (unpaired) electrons. The van der Waals surface area contributed by atoms with Crippen molar-refractivity contribution in [2.24, 2.45) is 10.9 Å². The molecule has 0 heterocycles. The van der Waals surface area contributed by atoms with Gasteiger partial charge in [-0.3, -0.25) is 4.99 Å². The van der Waals surface area contributed by atoms with E-state index in [1.54, 1.807) is 12.1 Å². The van der Waals surface area contributed by atoms with Gasteiger partial charge in [0.05, 0.1) is 18.0 Å². The molecule has 0 spiro atoms. The van der Waals surface area contributed by atoms with Crippen molar-refractivity contribution in [3.63, 3.8) is 0 Å². The number of nitrogens with zero attached hydrogens (tertiary/aromatic N) is 2. The first-order valence-corrected chi connectivity index (χ1v) is 11.1. The summed E-state index contributed by atoms with van der Waals surface area (Å²) in [5.74, 6) is 1.49. The molecule has 0 aliphatic heterocycles. The highest BCUT2D eigenvalue weighted by Crippen LogP contribution is 2.28. The quantitative estimate of drug-likeness (QED) is 0.194. The molecule has 1 aromatic carbocycles. The average molecular weight is 545 g/mol. The van der Waals surface area contributed by atoms with Crippen LogP contribution in [0.2, 0.25) is 5.02 Å². The highest BCUT2D eigenvalue weighted by Gasteiger charge is 2.21. The van der Waals surface area contributed by atoms with Gasteiger partial charge in [-0.05, 0) is 43.9 Å². The summed E-state index contributed by atoms with van der Waals surface area (Å²) >= 11 is 5.86. The maximum absolute atomic E-state index is 12.3. The lowest BCUT2D eigenvalue weighted by atomic mass is 10.4. The van der Waals surface area contributed by atoms with Gasteiger partial charge in [-0.15, -0.1) is 24.0 Å². The smallest absolute Gasteiger partial charge is 0.240 e. The van der Waals surface area contributed by atoms with Crippen LogP contribution in [0, 0.1) is 5.92 Å². The van der Waals surface area contributed by atoms with Crippen molar-refractivity contribution in [1.82, 2.24) is 14.9 Å². The molecular weight excluding hydrogens is 515 g/mol. The van der Waals surface area contributed by atoms with Crippen LogP contribution in [0.4, 0.5) is 0 Å². The summed E-state index contributed by atoms with van der Waals surface area (Å²) < 4.78 is 32.7. The molecule has 2 N–H and O–H groups in total. The lowest BCUT2D eigenvalue weighted by Crippen LogP contribution is -2.41. The Morgan fingerprint density at radius 2 is 2.14 bits per heavy atom. The van der Waals surface area contributed by atoms with Crippen molar-refractivity contribution >= 4 is 51.6 Å². The van der Waals surface area contributed by atoms with E-state index in [0.29, 0.717) is 18.2 Å². The number of benzene rings is 1. The molecule has 1 aromatic rings. The van der Waals surface area contributed by atoms with E-state index in [1.165, 1.54) is 25.0 Å². The standard InChI is InChI=1S/C18H29ClN4O3S.HI/c1-3-20-18(23(2)11-12-26-14-15-7-8-15)21-9-10-22-27(24,25)17-6-4-5-16(19)13-17;/h4-6,13,15,22H,3,7-12,14H2,1-2H3,(H,20,21);1H. The van der Waals surface area contributed by atoms with Gasteiger partial charge < -0.3 is 15.0 Å². The first kappa shape index (κ1) is 25.4. The fourth-order valence-electron chi connectivity index (χ4n) is 2.37. The van der Waals surface area contributed by atoms with Gasteiger partial charge in [-0.25, -0.2) is 13.1 Å². The fraction of sp³-hybridized carbons (Fsp3) is 0.611. The zero-order chi connectivity index (χ0) is 19.7. The normalized spacial score (nSPS) is 14.5. The van der Waals surface area contributed by atoms with Crippen LogP contribution >= 0.6 is 35.6 Å². The number of hydrogen-bond acceptors (Lipinski definition) is 4. The summed E-state index contributed by atoms with van der Waals surface area (Å²) in [7, 11) is -1.65. The summed E-state index contributed by atoms with van der Waals surface area (Å²) in [6.45, 7) is 5.48. The molecule has 0 unspecified atom stereocenters. The second-order valence-corrected chi connectivity index (χ2v) is 8.73. The van der Waals surface area contributed by atoms with Crippen LogP contribution in [0.3, 0.4) is 0 Å². The van der Waals surface area contributed by atoms with Crippen molar-refractivity contribution in [2.75, 3.05) is 46.4 Å². The molecule has 0 aromatic heterocycles. The lowest BCUT2D eigenvalue weighted by Gasteiger charge is -2.22. The maximum Gasteiger partial charge on any atom is 0.240 e. The molecule has 160 valence electrons. The van der Waals surface area contributed by atoms with E-state index in [1.807, 2.05) is 18.9 Å². The number of halogens is 2. The van der Waals surface area contributed by atoms with Crippen molar-refractivity contribution in [2.45, 2.75) is 24.7 Å². The molecule has 0 amide bonds. The lowest BCUT2D eigenvalue weighted by molar-refractivity contribution is 0.115. The molecule has 1 aliphatic carbocycles. The summed E-state index contributed by atoms with van der Waals surface area (Å²) in [6.07, 6.45) is 2.57. The molecular formula is C18H30ClIN4O3S. The number of aliphatic imine (C=N–C) groups is 1. The zero-order valence-corrected chi connectivity index (χ0v) is 20.3. The Morgan fingerprint density at radius 3 is 2.79 bits per heavy atom. The monoisotopic (exact) mass is 544 g/mol. The molecule has 7 nitrogen and oxygen atoms in total. The molecule has 0 atom stereocenters. The predicted octanol–water partition coefficient (Wildman–Crippen LogP) is 2.56. The van der Waals surface area contributed by atoms with E-state index in [0.717, 1.165) is 31.6 Å². The Bertz CT molecular complexity index is 729. The zero-order valence-electron chi connectivity index (χ0n) is 16.4. The minimum atomic E-state index is -3.59. The van der Waals surface area contributed by atoms with Crippen LogP contribution in [-0.4, -0.2) is 65.7 Å². The van der Waals surface area contributed by atoms with Gasteiger partial charge in [0, 0.05) is 38.3 Å². The number of rotatable bonds is 11. The molecule has 0 saturated heterocycles. The minimum Gasteiger partial charge on any atom is -0.379 e. The molecule has 1 fully saturated rings. The first-order valence-electron chi connectivity index (χ1n) is 9.25. The summed E-state index contributed by atoms with van der Waals surface area (Å²) in [6, 6.07) is 6.18. The Hall–Kier alpha value is -0.620. The molecule has 10 heteroatoms. The molecule has 1 saturated carbocycles. The average Bonchev–Trinajstić information content (AvgIpc) is 3.45. The topological polar surface area (TPSA) is 83.0 Å². The second-order valence-electron chi connectivity index (χ2n) is 6.53. The van der Waals surface area contributed by atoms with Gasteiger partial charge in [0.15, 0.2) is 5.96 Å². The second kappa shape index (κ2) is 12.8. The Morgan fingerprint density at radius 1 is 1.39 bits per heavy atom. The summed E-state index contributed by atoms with van der Waals surface area (Å²) in [5.41, 5.74) is 0. The highest BCUT2D eigenvalue weighted by molar-refractivity contribution is 14.0. The van der Waals surface area contributed by atoms with Gasteiger partial charge in [-0.1, -0.05) is 17.7 Å². The van der Waals surface area contributed by atoms with Crippen LogP contribution < -0.4 is 10.0 Å². The van der Waals surface area contributed by atoms with E-state index in [-0.39, 0.29) is 35.4 Å². The van der Waals surface area contributed by atoms with E-state index < -0.39 is 10.0 Å². The largest absolute Gasteiger partial charge is 0.379 e. The van der Waals surface area contributed by atoms with Crippen molar-refractivity contribution in [3.8, 4) is 0 Å². The number of guanidine groups is 1. The number of nitrogens with one attached hydrogen (secondary N) is 2. The van der Waals surface area contributed by atoms with Crippen molar-refractivity contribution in [1.29, 1.82) is 0 Å². The number of sulfonamides is 1. The number of ether oxygens (including phenoxy) is 1. The Kier molecular flexibility index (Phi) is 11.7. The van der Waals surface area contributed by atoms with Gasteiger partial charge in [-0.2, -0.15) is 0 Å².